The Morgan fingerprint density at radius 2 is 2.18 bits per heavy atom. The van der Waals surface area contributed by atoms with E-state index in [1.54, 1.807) is 0 Å². The van der Waals surface area contributed by atoms with Crippen molar-refractivity contribution in [2.75, 3.05) is 0 Å². The summed E-state index contributed by atoms with van der Waals surface area (Å²) in [6.07, 6.45) is 4.77. The quantitative estimate of drug-likeness (QED) is 0.642. The van der Waals surface area contributed by atoms with Crippen molar-refractivity contribution in [3.8, 4) is 0 Å². The average Bonchev–Trinajstić information content (AvgIpc) is 2.81. The second-order valence-electron chi connectivity index (χ2n) is 3.91. The van der Waals surface area contributed by atoms with Crippen molar-refractivity contribution in [2.45, 2.75) is 19.3 Å². The predicted octanol–water partition coefficient (Wildman–Crippen LogP) is 2.86. The number of allylic oxidation sites excluding steroid dienone is 2. The topological polar surface area (TPSA) is 80.4 Å². The zero-order valence-electron chi connectivity index (χ0n) is 9.05. The van der Waals surface area contributed by atoms with Crippen molar-refractivity contribution in [3.05, 3.63) is 45.5 Å². The highest BCUT2D eigenvalue weighted by molar-refractivity contribution is 5.95. The molecule has 1 aromatic carbocycles. The molecule has 0 radical (unpaired) electrons. The summed E-state index contributed by atoms with van der Waals surface area (Å²) in [7, 11) is 0. The summed E-state index contributed by atoms with van der Waals surface area (Å²) in [5.41, 5.74) is 1.38. The van der Waals surface area contributed by atoms with Crippen molar-refractivity contribution in [2.24, 2.45) is 0 Å². The minimum atomic E-state index is -1.13. The zero-order chi connectivity index (χ0) is 12.4. The van der Waals surface area contributed by atoms with Gasteiger partial charge in [0, 0.05) is 12.1 Å². The molecule has 2 rings (SSSR count). The minimum absolute atomic E-state index is 0.00681. The van der Waals surface area contributed by atoms with Crippen LogP contribution in [0.1, 0.15) is 35.2 Å². The smallest absolute Gasteiger partial charge is 0.336 e. The Kier molecular flexibility index (Phi) is 2.91. The van der Waals surface area contributed by atoms with Gasteiger partial charge in [0.25, 0.3) is 5.69 Å². The molecule has 0 atom stereocenters. The predicted molar refractivity (Wildman–Crippen MR) is 61.9 cm³/mol. The molecule has 0 spiro atoms. The second-order valence-corrected chi connectivity index (χ2v) is 3.91. The fraction of sp³-hybridized carbons (Fsp3) is 0.250. The molecule has 0 unspecified atom stereocenters. The number of carboxylic acids is 1. The van der Waals surface area contributed by atoms with Crippen LogP contribution in [0.4, 0.5) is 5.69 Å². The molecule has 0 amide bonds. The Labute approximate surface area is 97.5 Å². The number of hydrogen-bond donors (Lipinski definition) is 1. The molecule has 1 N–H and O–H groups in total. The van der Waals surface area contributed by atoms with Gasteiger partial charge < -0.3 is 5.11 Å². The van der Waals surface area contributed by atoms with E-state index in [2.05, 4.69) is 0 Å². The van der Waals surface area contributed by atoms with Crippen LogP contribution >= 0.6 is 0 Å². The van der Waals surface area contributed by atoms with Gasteiger partial charge in [-0.3, -0.25) is 10.1 Å². The molecule has 5 nitrogen and oxygen atoms in total. The van der Waals surface area contributed by atoms with Crippen LogP contribution in [0, 0.1) is 10.1 Å². The highest BCUT2D eigenvalue weighted by Gasteiger charge is 2.19. The van der Waals surface area contributed by atoms with Crippen molar-refractivity contribution >= 4 is 17.2 Å². The van der Waals surface area contributed by atoms with Crippen LogP contribution in [0.2, 0.25) is 0 Å². The van der Waals surface area contributed by atoms with Gasteiger partial charge in [-0.15, -0.1) is 0 Å². The summed E-state index contributed by atoms with van der Waals surface area (Å²) >= 11 is 0. The van der Waals surface area contributed by atoms with Crippen molar-refractivity contribution in [1.29, 1.82) is 0 Å². The summed E-state index contributed by atoms with van der Waals surface area (Å²) in [6.45, 7) is 0. The standard InChI is InChI=1S/C12H11NO4/c14-12(15)11-7-9(13(16)17)5-6-10(11)8-3-1-2-4-8/h3,5-7H,1-2,4H2,(H,14,15). The van der Waals surface area contributed by atoms with Crippen molar-refractivity contribution in [3.63, 3.8) is 0 Å². The molecular formula is C12H11NO4. The molecule has 0 saturated heterocycles. The van der Waals surface area contributed by atoms with Crippen LogP contribution in [-0.2, 0) is 0 Å². The molecule has 0 bridgehead atoms. The van der Waals surface area contributed by atoms with Gasteiger partial charge >= 0.3 is 5.97 Å². The lowest BCUT2D eigenvalue weighted by molar-refractivity contribution is -0.384. The summed E-state index contributed by atoms with van der Waals surface area (Å²) < 4.78 is 0. The third-order valence-corrected chi connectivity index (χ3v) is 2.83. The molecule has 5 heteroatoms. The number of rotatable bonds is 3. The lowest BCUT2D eigenvalue weighted by Crippen LogP contribution is -2.03. The first-order chi connectivity index (χ1) is 8.09. The van der Waals surface area contributed by atoms with Crippen LogP contribution in [0.5, 0.6) is 0 Å². The number of benzene rings is 1. The van der Waals surface area contributed by atoms with E-state index in [4.69, 9.17) is 5.11 Å². The summed E-state index contributed by atoms with van der Waals surface area (Å²) in [6, 6.07) is 4.00. The third-order valence-electron chi connectivity index (χ3n) is 2.83. The van der Waals surface area contributed by atoms with Gasteiger partial charge in [-0.1, -0.05) is 6.08 Å². The molecular weight excluding hydrogens is 222 g/mol. The Hall–Kier alpha value is -2.17. The third kappa shape index (κ3) is 2.18. The van der Waals surface area contributed by atoms with Gasteiger partial charge in [0.05, 0.1) is 10.5 Å². The monoisotopic (exact) mass is 233 g/mol. The van der Waals surface area contributed by atoms with Gasteiger partial charge in [0.1, 0.15) is 0 Å². The number of non-ortho nitro benzene ring substituents is 1. The van der Waals surface area contributed by atoms with E-state index in [-0.39, 0.29) is 11.3 Å². The SMILES string of the molecule is O=C(O)c1cc([N+](=O)[O-])ccc1C1=CCCC1. The fourth-order valence-corrected chi connectivity index (χ4v) is 2.02. The number of hydrogen-bond acceptors (Lipinski definition) is 3. The van der Waals surface area contributed by atoms with Crippen molar-refractivity contribution in [1.82, 2.24) is 0 Å². The van der Waals surface area contributed by atoms with E-state index in [1.807, 2.05) is 6.08 Å². The number of aromatic carboxylic acids is 1. The van der Waals surface area contributed by atoms with Crippen LogP contribution in [0.15, 0.2) is 24.3 Å². The summed E-state index contributed by atoms with van der Waals surface area (Å²) in [5.74, 6) is -1.13. The summed E-state index contributed by atoms with van der Waals surface area (Å²) in [5, 5.41) is 19.7. The maximum absolute atomic E-state index is 11.1. The number of carbonyl (C=O) groups is 1. The van der Waals surface area contributed by atoms with E-state index < -0.39 is 10.9 Å². The number of nitro groups is 1. The number of carboxylic acid groups (broad SMARTS) is 1. The van der Waals surface area contributed by atoms with Gasteiger partial charge in [-0.2, -0.15) is 0 Å². The van der Waals surface area contributed by atoms with Crippen LogP contribution in [0.3, 0.4) is 0 Å². The van der Waals surface area contributed by atoms with E-state index in [0.717, 1.165) is 30.9 Å². The number of nitrogens with zero attached hydrogens (tertiary/aromatic N) is 1. The van der Waals surface area contributed by atoms with Gasteiger partial charge in [0.15, 0.2) is 0 Å². The molecule has 0 heterocycles. The maximum atomic E-state index is 11.1. The summed E-state index contributed by atoms with van der Waals surface area (Å²) in [4.78, 5) is 21.1. The van der Waals surface area contributed by atoms with Crippen LogP contribution < -0.4 is 0 Å². The Morgan fingerprint density at radius 1 is 1.41 bits per heavy atom. The fourth-order valence-electron chi connectivity index (χ4n) is 2.02. The Morgan fingerprint density at radius 3 is 2.71 bits per heavy atom. The largest absolute Gasteiger partial charge is 0.478 e. The molecule has 0 aliphatic heterocycles. The molecule has 1 aliphatic carbocycles. The Balaban J connectivity index is 2.52. The first kappa shape index (κ1) is 11.3. The minimum Gasteiger partial charge on any atom is -0.478 e. The molecule has 0 aromatic heterocycles. The van der Waals surface area contributed by atoms with Gasteiger partial charge in [0.2, 0.25) is 0 Å². The lowest BCUT2D eigenvalue weighted by Gasteiger charge is -2.06. The van der Waals surface area contributed by atoms with E-state index >= 15 is 0 Å². The zero-order valence-corrected chi connectivity index (χ0v) is 9.05. The maximum Gasteiger partial charge on any atom is 0.336 e. The molecule has 0 saturated carbocycles. The van der Waals surface area contributed by atoms with E-state index in [0.29, 0.717) is 5.56 Å². The van der Waals surface area contributed by atoms with Gasteiger partial charge in [-0.25, -0.2) is 4.79 Å². The highest BCUT2D eigenvalue weighted by atomic mass is 16.6. The lowest BCUT2D eigenvalue weighted by atomic mass is 9.98. The van der Waals surface area contributed by atoms with Crippen LogP contribution in [-0.4, -0.2) is 16.0 Å². The number of nitro benzene ring substituents is 1. The van der Waals surface area contributed by atoms with Crippen LogP contribution in [0.25, 0.3) is 5.57 Å². The normalized spacial score (nSPS) is 14.5. The molecule has 1 aliphatic rings. The first-order valence-electron chi connectivity index (χ1n) is 5.30. The molecule has 88 valence electrons. The Bertz CT molecular complexity index is 519. The van der Waals surface area contributed by atoms with Crippen molar-refractivity contribution < 1.29 is 14.8 Å². The van der Waals surface area contributed by atoms with Gasteiger partial charge in [-0.05, 0) is 36.5 Å². The molecule has 1 aromatic rings. The highest BCUT2D eigenvalue weighted by Crippen LogP contribution is 2.31. The first-order valence-corrected chi connectivity index (χ1v) is 5.30. The van der Waals surface area contributed by atoms with E-state index in [9.17, 15) is 14.9 Å². The van der Waals surface area contributed by atoms with E-state index in [1.165, 1.54) is 12.1 Å². The molecule has 0 fully saturated rings. The second kappa shape index (κ2) is 4.37. The average molecular weight is 233 g/mol. The molecule has 17 heavy (non-hydrogen) atoms.